The SMILES string of the molecule is CSCc1cccc(-c2cn(C)c(=O)cc2-c2cn(C)c(=O)c3c2cc(Cl)n3S(=O)(=O)c2ccc(C)cc2)c1. The Labute approximate surface area is 235 Å². The van der Waals surface area contributed by atoms with Crippen molar-refractivity contribution >= 4 is 44.3 Å². The Morgan fingerprint density at radius 2 is 1.56 bits per heavy atom. The van der Waals surface area contributed by atoms with E-state index < -0.39 is 15.6 Å². The number of thioether (sulfide) groups is 1. The van der Waals surface area contributed by atoms with Crippen LogP contribution in [0.15, 0.2) is 87.5 Å². The van der Waals surface area contributed by atoms with Crippen molar-refractivity contribution in [3.8, 4) is 22.3 Å². The second kappa shape index (κ2) is 10.2. The van der Waals surface area contributed by atoms with Crippen LogP contribution in [0.1, 0.15) is 11.1 Å². The lowest BCUT2D eigenvalue weighted by molar-refractivity contribution is 0.589. The summed E-state index contributed by atoms with van der Waals surface area (Å²) in [7, 11) is -0.964. The van der Waals surface area contributed by atoms with E-state index in [0.717, 1.165) is 32.0 Å². The summed E-state index contributed by atoms with van der Waals surface area (Å²) < 4.78 is 31.1. The average molecular weight is 580 g/mol. The molecular weight excluding hydrogens is 554 g/mol. The lowest BCUT2D eigenvalue weighted by atomic mass is 9.94. The van der Waals surface area contributed by atoms with Gasteiger partial charge >= 0.3 is 0 Å². The summed E-state index contributed by atoms with van der Waals surface area (Å²) in [5, 5.41) is 0.219. The molecule has 5 rings (SSSR count). The quantitative estimate of drug-likeness (QED) is 0.268. The van der Waals surface area contributed by atoms with Gasteiger partial charge in [0.05, 0.1) is 4.90 Å². The number of fused-ring (bicyclic) bond motifs is 1. The molecule has 0 unspecified atom stereocenters. The predicted octanol–water partition coefficient (Wildman–Crippen LogP) is 5.43. The Kier molecular flexibility index (Phi) is 7.09. The van der Waals surface area contributed by atoms with Crippen molar-refractivity contribution in [3.63, 3.8) is 0 Å². The average Bonchev–Trinajstić information content (AvgIpc) is 3.26. The highest BCUT2D eigenvalue weighted by molar-refractivity contribution is 7.97. The van der Waals surface area contributed by atoms with Crippen LogP contribution < -0.4 is 11.1 Å². The van der Waals surface area contributed by atoms with E-state index in [1.807, 2.05) is 31.4 Å². The highest BCUT2D eigenvalue weighted by Gasteiger charge is 2.27. The lowest BCUT2D eigenvalue weighted by Gasteiger charge is -2.15. The van der Waals surface area contributed by atoms with E-state index in [1.54, 1.807) is 50.4 Å². The normalized spacial score (nSPS) is 11.8. The van der Waals surface area contributed by atoms with Crippen molar-refractivity contribution in [1.82, 2.24) is 13.1 Å². The summed E-state index contributed by atoms with van der Waals surface area (Å²) in [5.41, 5.74) is 3.94. The minimum atomic E-state index is -4.19. The molecule has 2 aromatic carbocycles. The smallest absolute Gasteiger partial charge is 0.275 e. The van der Waals surface area contributed by atoms with Crippen molar-refractivity contribution in [2.24, 2.45) is 14.1 Å². The number of hydrogen-bond acceptors (Lipinski definition) is 5. The Morgan fingerprint density at radius 3 is 2.26 bits per heavy atom. The van der Waals surface area contributed by atoms with Gasteiger partial charge in [-0.2, -0.15) is 11.8 Å². The van der Waals surface area contributed by atoms with E-state index in [0.29, 0.717) is 16.5 Å². The Bertz CT molecular complexity index is 1970. The van der Waals surface area contributed by atoms with E-state index >= 15 is 0 Å². The number of pyridine rings is 2. The third-order valence-electron chi connectivity index (χ3n) is 6.68. The zero-order chi connectivity index (χ0) is 28.1. The summed E-state index contributed by atoms with van der Waals surface area (Å²) in [6.45, 7) is 1.86. The van der Waals surface area contributed by atoms with Gasteiger partial charge in [0.1, 0.15) is 10.7 Å². The molecule has 39 heavy (non-hydrogen) atoms. The fourth-order valence-electron chi connectivity index (χ4n) is 4.70. The van der Waals surface area contributed by atoms with Crippen LogP contribution >= 0.6 is 23.4 Å². The van der Waals surface area contributed by atoms with E-state index in [4.69, 9.17) is 11.6 Å². The summed E-state index contributed by atoms with van der Waals surface area (Å²) in [4.78, 5) is 26.3. The molecule has 0 saturated heterocycles. The Balaban J connectivity index is 1.84. The molecule has 0 bridgehead atoms. The van der Waals surface area contributed by atoms with Crippen LogP contribution in [0.5, 0.6) is 0 Å². The molecule has 7 nitrogen and oxygen atoms in total. The zero-order valence-electron chi connectivity index (χ0n) is 21.8. The molecule has 10 heteroatoms. The fourth-order valence-corrected chi connectivity index (χ4v) is 7.07. The monoisotopic (exact) mass is 579 g/mol. The third-order valence-corrected chi connectivity index (χ3v) is 9.41. The molecule has 0 spiro atoms. The van der Waals surface area contributed by atoms with Gasteiger partial charge in [-0.05, 0) is 48.1 Å². The van der Waals surface area contributed by atoms with Crippen molar-refractivity contribution in [1.29, 1.82) is 0 Å². The molecule has 3 heterocycles. The second-order valence-corrected chi connectivity index (χ2v) is 12.5. The molecule has 0 radical (unpaired) electrons. The van der Waals surface area contributed by atoms with Crippen LogP contribution in [0.3, 0.4) is 0 Å². The highest BCUT2D eigenvalue weighted by Crippen LogP contribution is 2.38. The van der Waals surface area contributed by atoms with E-state index in [2.05, 4.69) is 6.07 Å². The second-order valence-electron chi connectivity index (χ2n) is 9.45. The molecule has 0 aliphatic carbocycles. The molecule has 0 aliphatic heterocycles. The number of benzene rings is 2. The van der Waals surface area contributed by atoms with Gasteiger partial charge in [-0.3, -0.25) is 9.59 Å². The summed E-state index contributed by atoms with van der Waals surface area (Å²) in [6, 6.07) is 17.4. The minimum absolute atomic E-state index is 0.0137. The Morgan fingerprint density at radius 1 is 0.872 bits per heavy atom. The van der Waals surface area contributed by atoms with Gasteiger partial charge in [-0.1, -0.05) is 53.6 Å². The van der Waals surface area contributed by atoms with Crippen molar-refractivity contribution in [2.45, 2.75) is 17.6 Å². The first kappa shape index (κ1) is 27.1. The number of nitrogens with zero attached hydrogens (tertiary/aromatic N) is 3. The van der Waals surface area contributed by atoms with Gasteiger partial charge < -0.3 is 9.13 Å². The molecule has 200 valence electrons. The molecular formula is C29H26ClN3O4S2. The van der Waals surface area contributed by atoms with E-state index in [1.165, 1.54) is 33.4 Å². The van der Waals surface area contributed by atoms with Crippen LogP contribution in [0.2, 0.25) is 5.15 Å². The van der Waals surface area contributed by atoms with Crippen LogP contribution in [-0.4, -0.2) is 27.8 Å². The highest BCUT2D eigenvalue weighted by atomic mass is 35.5. The van der Waals surface area contributed by atoms with Gasteiger partial charge in [0.2, 0.25) is 0 Å². The van der Waals surface area contributed by atoms with Crippen LogP contribution in [0, 0.1) is 6.92 Å². The maximum atomic E-state index is 13.7. The molecule has 0 atom stereocenters. The zero-order valence-corrected chi connectivity index (χ0v) is 24.2. The van der Waals surface area contributed by atoms with Gasteiger partial charge in [-0.15, -0.1) is 0 Å². The van der Waals surface area contributed by atoms with Crippen molar-refractivity contribution < 1.29 is 8.42 Å². The Hall–Kier alpha value is -3.53. The third kappa shape index (κ3) is 4.75. The molecule has 0 fully saturated rings. The van der Waals surface area contributed by atoms with Gasteiger partial charge in [0, 0.05) is 54.8 Å². The van der Waals surface area contributed by atoms with Gasteiger partial charge in [0.15, 0.2) is 0 Å². The molecule has 0 aliphatic rings. The summed E-state index contributed by atoms with van der Waals surface area (Å²) in [6.07, 6.45) is 5.41. The topological polar surface area (TPSA) is 83.1 Å². The lowest BCUT2D eigenvalue weighted by Crippen LogP contribution is -2.23. The predicted molar refractivity (Wildman–Crippen MR) is 159 cm³/mol. The molecule has 0 amide bonds. The number of aromatic nitrogens is 3. The van der Waals surface area contributed by atoms with E-state index in [9.17, 15) is 18.0 Å². The first-order valence-corrected chi connectivity index (χ1v) is 15.3. The summed E-state index contributed by atoms with van der Waals surface area (Å²) in [5.74, 6) is 0.828. The maximum absolute atomic E-state index is 13.7. The largest absolute Gasteiger partial charge is 0.318 e. The number of halogens is 1. The molecule has 3 aromatic heterocycles. The van der Waals surface area contributed by atoms with Crippen LogP contribution in [-0.2, 0) is 29.9 Å². The van der Waals surface area contributed by atoms with E-state index in [-0.39, 0.29) is 21.1 Å². The molecule has 0 saturated carbocycles. The van der Waals surface area contributed by atoms with Gasteiger partial charge in [-0.25, -0.2) is 12.4 Å². The first-order chi connectivity index (χ1) is 18.5. The standard InChI is InChI=1S/C29H26ClN3O4S2/c1-18-8-10-21(11-9-18)39(36,37)33-26(30)13-23-25(16-32(3)29(35)28(23)33)22-14-27(34)31(2)15-24(22)20-7-5-6-19(12-20)17-38-4/h5-16H,17H2,1-4H3. The minimum Gasteiger partial charge on any atom is -0.318 e. The number of rotatable bonds is 6. The van der Waals surface area contributed by atoms with Crippen molar-refractivity contribution in [2.75, 3.05) is 6.26 Å². The number of hydrogen-bond donors (Lipinski definition) is 0. The van der Waals surface area contributed by atoms with Crippen molar-refractivity contribution in [3.05, 3.63) is 110 Å². The number of aryl methyl sites for hydroxylation is 3. The summed E-state index contributed by atoms with van der Waals surface area (Å²) >= 11 is 8.26. The molecule has 0 N–H and O–H groups in total. The van der Waals surface area contributed by atoms with Crippen LogP contribution in [0.4, 0.5) is 0 Å². The maximum Gasteiger partial charge on any atom is 0.275 e. The first-order valence-electron chi connectivity index (χ1n) is 12.0. The fraction of sp³-hybridized carbons (Fsp3) is 0.172. The van der Waals surface area contributed by atoms with Crippen LogP contribution in [0.25, 0.3) is 33.2 Å². The van der Waals surface area contributed by atoms with Gasteiger partial charge in [0.25, 0.3) is 21.1 Å². The molecule has 5 aromatic rings.